The summed E-state index contributed by atoms with van der Waals surface area (Å²) in [7, 11) is -2.13. The molecule has 0 amide bonds. The number of carbonyl (C=O) groups is 2. The van der Waals surface area contributed by atoms with Gasteiger partial charge < -0.3 is 29.5 Å². The number of nitrogens with one attached hydrogen (secondary N) is 2. The standard InChI is InChI=1S/C21H30N2O9S/c1-12(11-31-20(25)26)32-21(4)17(14(3)22-23-21)18(24)15-7-8-16(33(6,27)28)19(13(15)2)30-10-9-29-5/h7-8,12,22-23H,9-11H2,1-6H3,(H,25,26). The first-order valence-electron chi connectivity index (χ1n) is 10.1. The topological polar surface area (TPSA) is 149 Å². The molecule has 1 aromatic rings. The summed E-state index contributed by atoms with van der Waals surface area (Å²) in [4.78, 5) is 24.2. The van der Waals surface area contributed by atoms with Gasteiger partial charge in [0.05, 0.1) is 18.3 Å². The minimum absolute atomic E-state index is 0.0283. The van der Waals surface area contributed by atoms with Crippen LogP contribution in [0.1, 0.15) is 36.7 Å². The monoisotopic (exact) mass is 486 g/mol. The Morgan fingerprint density at radius 3 is 2.45 bits per heavy atom. The SMILES string of the molecule is COCCOc1c(S(C)(=O)=O)ccc(C(=O)C2=C(C)NNC2(C)OC(C)COC(=O)O)c1C. The Hall–Kier alpha value is -2.67. The van der Waals surface area contributed by atoms with Crippen LogP contribution in [0, 0.1) is 6.92 Å². The first-order valence-corrected chi connectivity index (χ1v) is 12.0. The molecule has 0 spiro atoms. The van der Waals surface area contributed by atoms with Crippen LogP contribution >= 0.6 is 0 Å². The fourth-order valence-corrected chi connectivity index (χ4v) is 4.41. The van der Waals surface area contributed by atoms with Gasteiger partial charge in [-0.25, -0.2) is 18.6 Å². The third-order valence-electron chi connectivity index (χ3n) is 4.99. The van der Waals surface area contributed by atoms with E-state index >= 15 is 0 Å². The number of ether oxygens (including phenoxy) is 4. The molecule has 0 saturated heterocycles. The largest absolute Gasteiger partial charge is 0.505 e. The minimum atomic E-state index is -3.62. The average Bonchev–Trinajstić information content (AvgIpc) is 3.00. The van der Waals surface area contributed by atoms with E-state index in [1.54, 1.807) is 27.7 Å². The highest BCUT2D eigenvalue weighted by Gasteiger charge is 2.43. The van der Waals surface area contributed by atoms with Crippen LogP contribution in [0.3, 0.4) is 0 Å². The molecule has 11 nitrogen and oxygen atoms in total. The second kappa shape index (κ2) is 10.5. The lowest BCUT2D eigenvalue weighted by atomic mass is 9.92. The van der Waals surface area contributed by atoms with Crippen LogP contribution in [0.5, 0.6) is 5.75 Å². The van der Waals surface area contributed by atoms with E-state index in [9.17, 15) is 18.0 Å². The molecule has 0 aliphatic carbocycles. The van der Waals surface area contributed by atoms with Crippen molar-refractivity contribution in [2.45, 2.75) is 44.4 Å². The number of Topliss-reactive ketones (excluding diaryl/α,β-unsaturated/α-hetero) is 1. The molecule has 0 bridgehead atoms. The van der Waals surface area contributed by atoms with Gasteiger partial charge in [-0.05, 0) is 39.8 Å². The first-order chi connectivity index (χ1) is 15.3. The maximum atomic E-state index is 13.6. The summed E-state index contributed by atoms with van der Waals surface area (Å²) in [5, 5.41) is 8.70. The molecule has 3 N–H and O–H groups in total. The maximum absolute atomic E-state index is 13.6. The zero-order chi connectivity index (χ0) is 25.0. The molecule has 1 aliphatic heterocycles. The Bertz CT molecular complexity index is 1050. The second-order valence-corrected chi connectivity index (χ2v) is 9.78. The van der Waals surface area contributed by atoms with Crippen LogP contribution in [-0.4, -0.2) is 70.5 Å². The quantitative estimate of drug-likeness (QED) is 0.239. The van der Waals surface area contributed by atoms with E-state index in [2.05, 4.69) is 15.6 Å². The summed E-state index contributed by atoms with van der Waals surface area (Å²) in [5.74, 6) is -0.323. The molecule has 184 valence electrons. The van der Waals surface area contributed by atoms with Crippen molar-refractivity contribution in [3.63, 3.8) is 0 Å². The van der Waals surface area contributed by atoms with Crippen LogP contribution in [0.15, 0.2) is 28.3 Å². The minimum Gasteiger partial charge on any atom is -0.490 e. The van der Waals surface area contributed by atoms with Gasteiger partial charge in [-0.2, -0.15) is 0 Å². The second-order valence-electron chi connectivity index (χ2n) is 7.80. The predicted molar refractivity (Wildman–Crippen MR) is 118 cm³/mol. The molecule has 2 atom stereocenters. The number of rotatable bonds is 11. The fraction of sp³-hybridized carbons (Fsp3) is 0.524. The zero-order valence-corrected chi connectivity index (χ0v) is 20.3. The maximum Gasteiger partial charge on any atom is 0.505 e. The number of benzene rings is 1. The number of allylic oxidation sites excluding steroid dienone is 1. The number of carboxylic acid groups (broad SMARTS) is 1. The van der Waals surface area contributed by atoms with E-state index in [0.29, 0.717) is 11.3 Å². The molecule has 2 unspecified atom stereocenters. The zero-order valence-electron chi connectivity index (χ0n) is 19.5. The molecule has 1 heterocycles. The van der Waals surface area contributed by atoms with Gasteiger partial charge in [-0.3, -0.25) is 4.79 Å². The van der Waals surface area contributed by atoms with Gasteiger partial charge >= 0.3 is 6.16 Å². The first kappa shape index (κ1) is 26.6. The van der Waals surface area contributed by atoms with E-state index in [4.69, 9.17) is 19.3 Å². The van der Waals surface area contributed by atoms with Crippen molar-refractivity contribution in [3.8, 4) is 5.75 Å². The Balaban J connectivity index is 2.44. The molecule has 12 heteroatoms. The lowest BCUT2D eigenvalue weighted by molar-refractivity contribution is -0.0907. The van der Waals surface area contributed by atoms with Gasteiger partial charge in [-0.15, -0.1) is 0 Å². The van der Waals surface area contributed by atoms with E-state index in [1.165, 1.54) is 19.2 Å². The highest BCUT2D eigenvalue weighted by Crippen LogP contribution is 2.35. The summed E-state index contributed by atoms with van der Waals surface area (Å²) in [6.07, 6.45) is -1.04. The van der Waals surface area contributed by atoms with Crippen LogP contribution in [0.4, 0.5) is 4.79 Å². The van der Waals surface area contributed by atoms with Crippen molar-refractivity contribution in [3.05, 3.63) is 34.5 Å². The Morgan fingerprint density at radius 2 is 1.88 bits per heavy atom. The number of hydrogen-bond acceptors (Lipinski definition) is 10. The molecule has 33 heavy (non-hydrogen) atoms. The number of ketones is 1. The van der Waals surface area contributed by atoms with Gasteiger partial charge in [0.15, 0.2) is 21.3 Å². The van der Waals surface area contributed by atoms with E-state index in [-0.39, 0.29) is 41.6 Å². The Kier molecular flexibility index (Phi) is 8.46. The third kappa shape index (κ3) is 6.22. The van der Waals surface area contributed by atoms with Gasteiger partial charge in [-0.1, -0.05) is 0 Å². The summed E-state index contributed by atoms with van der Waals surface area (Å²) >= 11 is 0. The Morgan fingerprint density at radius 1 is 1.21 bits per heavy atom. The number of hydrazine groups is 1. The third-order valence-corrected chi connectivity index (χ3v) is 6.11. The summed E-state index contributed by atoms with van der Waals surface area (Å²) in [5.41, 5.74) is 5.82. The normalized spacial score (nSPS) is 19.2. The number of sulfone groups is 1. The number of hydrogen-bond donors (Lipinski definition) is 3. The van der Waals surface area contributed by atoms with Crippen molar-refractivity contribution in [2.24, 2.45) is 0 Å². The van der Waals surface area contributed by atoms with Crippen molar-refractivity contribution >= 4 is 21.8 Å². The summed E-state index contributed by atoms with van der Waals surface area (Å²) < 4.78 is 45.6. The van der Waals surface area contributed by atoms with Crippen molar-refractivity contribution in [1.82, 2.24) is 10.9 Å². The predicted octanol–water partition coefficient (Wildman–Crippen LogP) is 1.80. The Labute approximate surface area is 192 Å². The van der Waals surface area contributed by atoms with Gasteiger partial charge in [0, 0.05) is 30.2 Å². The lowest BCUT2D eigenvalue weighted by Crippen LogP contribution is -2.50. The molecule has 0 aromatic heterocycles. The highest BCUT2D eigenvalue weighted by atomic mass is 32.2. The van der Waals surface area contributed by atoms with E-state index in [1.807, 2.05) is 0 Å². The van der Waals surface area contributed by atoms with Crippen LogP contribution in [0.2, 0.25) is 0 Å². The van der Waals surface area contributed by atoms with Crippen LogP contribution in [0.25, 0.3) is 0 Å². The molecule has 0 radical (unpaired) electrons. The summed E-state index contributed by atoms with van der Waals surface area (Å²) in [6.45, 7) is 6.63. The van der Waals surface area contributed by atoms with Gasteiger partial charge in [0.25, 0.3) is 0 Å². The molecule has 1 aliphatic rings. The smallest absolute Gasteiger partial charge is 0.490 e. The van der Waals surface area contributed by atoms with Gasteiger partial charge in [0.2, 0.25) is 0 Å². The van der Waals surface area contributed by atoms with Crippen molar-refractivity contribution in [1.29, 1.82) is 0 Å². The lowest BCUT2D eigenvalue weighted by Gasteiger charge is -2.30. The summed E-state index contributed by atoms with van der Waals surface area (Å²) in [6, 6.07) is 2.78. The number of methoxy groups -OCH3 is 1. The van der Waals surface area contributed by atoms with Crippen LogP contribution in [-0.2, 0) is 24.0 Å². The molecular formula is C21H30N2O9S. The van der Waals surface area contributed by atoms with Crippen LogP contribution < -0.4 is 15.6 Å². The van der Waals surface area contributed by atoms with Crippen molar-refractivity contribution < 1.29 is 42.1 Å². The van der Waals surface area contributed by atoms with E-state index < -0.39 is 33.6 Å². The van der Waals surface area contributed by atoms with Gasteiger partial charge in [0.1, 0.15) is 23.9 Å². The molecule has 0 saturated carbocycles. The molecule has 0 fully saturated rings. The van der Waals surface area contributed by atoms with Crippen molar-refractivity contribution in [2.75, 3.05) is 33.2 Å². The van der Waals surface area contributed by atoms with E-state index in [0.717, 1.165) is 6.26 Å². The number of carbonyl (C=O) groups excluding carboxylic acids is 1. The molecule has 1 aromatic carbocycles. The fourth-order valence-electron chi connectivity index (χ4n) is 3.54. The molecule has 2 rings (SSSR count). The average molecular weight is 487 g/mol. The molecular weight excluding hydrogens is 456 g/mol. The highest BCUT2D eigenvalue weighted by molar-refractivity contribution is 7.90.